The molecule has 2 rings (SSSR count). The zero-order chi connectivity index (χ0) is 11.9. The van der Waals surface area contributed by atoms with Gasteiger partial charge in [0.2, 0.25) is 0 Å². The predicted molar refractivity (Wildman–Crippen MR) is 72.3 cm³/mol. The molecular formula is C13H19NO2S. The van der Waals surface area contributed by atoms with Crippen LogP contribution in [0.2, 0.25) is 0 Å². The van der Waals surface area contributed by atoms with Crippen molar-refractivity contribution in [3.05, 3.63) is 24.3 Å². The van der Waals surface area contributed by atoms with E-state index in [1.54, 1.807) is 7.11 Å². The van der Waals surface area contributed by atoms with Crippen LogP contribution in [-0.2, 0) is 0 Å². The number of hydrogen-bond acceptors (Lipinski definition) is 4. The standard InChI is InChI=1S/C13H19NO2S/c1-15-12-4-2-3-5-13(12)16-9-6-14-7-10-17-11-8-14/h2-5H,6-11H2,1H3. The molecule has 17 heavy (non-hydrogen) atoms. The van der Waals surface area contributed by atoms with Gasteiger partial charge in [0.15, 0.2) is 11.5 Å². The Bertz CT molecular complexity index is 340. The number of hydrogen-bond donors (Lipinski definition) is 0. The van der Waals surface area contributed by atoms with Gasteiger partial charge in [-0.2, -0.15) is 11.8 Å². The molecule has 1 aliphatic rings. The lowest BCUT2D eigenvalue weighted by atomic mass is 10.3. The third kappa shape index (κ3) is 3.82. The smallest absolute Gasteiger partial charge is 0.161 e. The number of ether oxygens (including phenoxy) is 2. The highest BCUT2D eigenvalue weighted by atomic mass is 32.2. The molecule has 0 aliphatic carbocycles. The predicted octanol–water partition coefficient (Wildman–Crippen LogP) is 2.12. The maximum atomic E-state index is 5.76. The topological polar surface area (TPSA) is 21.7 Å². The van der Waals surface area contributed by atoms with Gasteiger partial charge in [0.25, 0.3) is 0 Å². The molecule has 0 atom stereocenters. The molecule has 1 aromatic rings. The van der Waals surface area contributed by atoms with Crippen LogP contribution >= 0.6 is 11.8 Å². The highest BCUT2D eigenvalue weighted by molar-refractivity contribution is 7.99. The summed E-state index contributed by atoms with van der Waals surface area (Å²) in [6.45, 7) is 4.09. The zero-order valence-electron chi connectivity index (χ0n) is 10.2. The Kier molecular flexibility index (Phi) is 5.01. The van der Waals surface area contributed by atoms with Gasteiger partial charge in [-0.25, -0.2) is 0 Å². The maximum Gasteiger partial charge on any atom is 0.161 e. The van der Waals surface area contributed by atoms with E-state index >= 15 is 0 Å². The van der Waals surface area contributed by atoms with E-state index in [0.717, 1.165) is 24.7 Å². The lowest BCUT2D eigenvalue weighted by Crippen LogP contribution is -2.35. The van der Waals surface area contributed by atoms with Crippen LogP contribution in [0.15, 0.2) is 24.3 Å². The van der Waals surface area contributed by atoms with Gasteiger partial charge in [-0.3, -0.25) is 4.90 Å². The fourth-order valence-electron chi connectivity index (χ4n) is 1.85. The van der Waals surface area contributed by atoms with Crippen LogP contribution in [0.4, 0.5) is 0 Å². The molecule has 0 aromatic heterocycles. The second-order valence-electron chi connectivity index (χ2n) is 3.95. The summed E-state index contributed by atoms with van der Waals surface area (Å²) < 4.78 is 11.0. The molecule has 1 heterocycles. The number of nitrogens with zero attached hydrogens (tertiary/aromatic N) is 1. The van der Waals surface area contributed by atoms with Crippen molar-refractivity contribution in [2.75, 3.05) is 44.9 Å². The molecule has 4 heteroatoms. The van der Waals surface area contributed by atoms with Crippen LogP contribution in [0.3, 0.4) is 0 Å². The van der Waals surface area contributed by atoms with Crippen LogP contribution in [0.1, 0.15) is 0 Å². The van der Waals surface area contributed by atoms with Gasteiger partial charge in [-0.05, 0) is 12.1 Å². The molecule has 1 saturated heterocycles. The van der Waals surface area contributed by atoms with E-state index in [1.807, 2.05) is 36.0 Å². The number of thioether (sulfide) groups is 1. The summed E-state index contributed by atoms with van der Waals surface area (Å²) in [5.41, 5.74) is 0. The van der Waals surface area contributed by atoms with Crippen molar-refractivity contribution >= 4 is 11.8 Å². The summed E-state index contributed by atoms with van der Waals surface area (Å²) in [6.07, 6.45) is 0. The third-order valence-corrected chi connectivity index (χ3v) is 3.78. The minimum Gasteiger partial charge on any atom is -0.493 e. The van der Waals surface area contributed by atoms with Gasteiger partial charge in [-0.15, -0.1) is 0 Å². The molecule has 0 bridgehead atoms. The molecule has 0 radical (unpaired) electrons. The molecule has 0 amide bonds. The molecule has 0 saturated carbocycles. The summed E-state index contributed by atoms with van der Waals surface area (Å²) in [5.74, 6) is 4.13. The first-order valence-electron chi connectivity index (χ1n) is 5.96. The lowest BCUT2D eigenvalue weighted by Gasteiger charge is -2.26. The Morgan fingerprint density at radius 1 is 1.18 bits per heavy atom. The average Bonchev–Trinajstić information content (AvgIpc) is 2.40. The van der Waals surface area contributed by atoms with Crippen LogP contribution < -0.4 is 9.47 Å². The Balaban J connectivity index is 1.77. The van der Waals surface area contributed by atoms with Gasteiger partial charge in [-0.1, -0.05) is 12.1 Å². The molecule has 1 aromatic carbocycles. The summed E-state index contributed by atoms with van der Waals surface area (Å²) in [7, 11) is 1.67. The normalized spacial score (nSPS) is 16.8. The van der Waals surface area contributed by atoms with Gasteiger partial charge in [0, 0.05) is 31.1 Å². The Labute approximate surface area is 107 Å². The summed E-state index contributed by atoms with van der Waals surface area (Å²) in [5, 5.41) is 0. The minimum absolute atomic E-state index is 0.727. The SMILES string of the molecule is COc1ccccc1OCCN1CCSCC1. The first kappa shape index (κ1) is 12.6. The maximum absolute atomic E-state index is 5.76. The third-order valence-electron chi connectivity index (χ3n) is 2.84. The lowest BCUT2D eigenvalue weighted by molar-refractivity contribution is 0.216. The van der Waals surface area contributed by atoms with Gasteiger partial charge in [0.1, 0.15) is 6.61 Å². The van der Waals surface area contributed by atoms with Crippen molar-refractivity contribution in [3.63, 3.8) is 0 Å². The van der Waals surface area contributed by atoms with Gasteiger partial charge >= 0.3 is 0 Å². The van der Waals surface area contributed by atoms with Crippen molar-refractivity contribution < 1.29 is 9.47 Å². The molecule has 0 unspecified atom stereocenters. The molecule has 3 nitrogen and oxygen atoms in total. The highest BCUT2D eigenvalue weighted by Crippen LogP contribution is 2.25. The van der Waals surface area contributed by atoms with Crippen LogP contribution in [0.5, 0.6) is 11.5 Å². The minimum atomic E-state index is 0.727. The first-order chi connectivity index (χ1) is 8.40. The fraction of sp³-hybridized carbons (Fsp3) is 0.538. The quantitative estimate of drug-likeness (QED) is 0.801. The molecule has 0 N–H and O–H groups in total. The Hall–Kier alpha value is -0.870. The number of para-hydroxylation sites is 2. The fourth-order valence-corrected chi connectivity index (χ4v) is 2.83. The number of rotatable bonds is 5. The van der Waals surface area contributed by atoms with Gasteiger partial charge in [0.05, 0.1) is 7.11 Å². The molecule has 1 fully saturated rings. The molecule has 1 aliphatic heterocycles. The average molecular weight is 253 g/mol. The van der Waals surface area contributed by atoms with Crippen molar-refractivity contribution in [2.24, 2.45) is 0 Å². The molecule has 94 valence electrons. The Morgan fingerprint density at radius 2 is 1.88 bits per heavy atom. The van der Waals surface area contributed by atoms with Crippen LogP contribution in [0, 0.1) is 0 Å². The van der Waals surface area contributed by atoms with Gasteiger partial charge < -0.3 is 9.47 Å². The van der Waals surface area contributed by atoms with E-state index in [1.165, 1.54) is 24.6 Å². The highest BCUT2D eigenvalue weighted by Gasteiger charge is 2.10. The van der Waals surface area contributed by atoms with E-state index in [9.17, 15) is 0 Å². The van der Waals surface area contributed by atoms with Crippen molar-refractivity contribution in [1.29, 1.82) is 0 Å². The Morgan fingerprint density at radius 3 is 2.59 bits per heavy atom. The van der Waals surface area contributed by atoms with Crippen molar-refractivity contribution in [1.82, 2.24) is 4.90 Å². The zero-order valence-corrected chi connectivity index (χ0v) is 11.0. The summed E-state index contributed by atoms with van der Waals surface area (Å²) >= 11 is 2.03. The monoisotopic (exact) mass is 253 g/mol. The number of methoxy groups -OCH3 is 1. The van der Waals surface area contributed by atoms with Crippen molar-refractivity contribution in [2.45, 2.75) is 0 Å². The summed E-state index contributed by atoms with van der Waals surface area (Å²) in [4.78, 5) is 2.45. The van der Waals surface area contributed by atoms with E-state index in [2.05, 4.69) is 4.90 Å². The second kappa shape index (κ2) is 6.77. The second-order valence-corrected chi connectivity index (χ2v) is 5.18. The van der Waals surface area contributed by atoms with Crippen molar-refractivity contribution in [3.8, 4) is 11.5 Å². The van der Waals surface area contributed by atoms with Crippen LogP contribution in [0.25, 0.3) is 0 Å². The number of benzene rings is 1. The first-order valence-corrected chi connectivity index (χ1v) is 7.11. The van der Waals surface area contributed by atoms with E-state index in [-0.39, 0.29) is 0 Å². The van der Waals surface area contributed by atoms with E-state index < -0.39 is 0 Å². The summed E-state index contributed by atoms with van der Waals surface area (Å²) in [6, 6.07) is 7.79. The molecular weight excluding hydrogens is 234 g/mol. The van der Waals surface area contributed by atoms with E-state index in [0.29, 0.717) is 0 Å². The largest absolute Gasteiger partial charge is 0.493 e. The van der Waals surface area contributed by atoms with E-state index in [4.69, 9.17) is 9.47 Å². The molecule has 0 spiro atoms. The van der Waals surface area contributed by atoms with Crippen LogP contribution in [-0.4, -0.2) is 49.8 Å².